The molecular formula is C18H24N6O2. The first-order chi connectivity index (χ1) is 12.6. The van der Waals surface area contributed by atoms with Crippen LogP contribution in [0.15, 0.2) is 18.2 Å². The van der Waals surface area contributed by atoms with Crippen LogP contribution in [0.1, 0.15) is 11.4 Å². The second-order valence-electron chi connectivity index (χ2n) is 6.93. The molecule has 4 rings (SSSR count). The van der Waals surface area contributed by atoms with Crippen LogP contribution in [-0.4, -0.2) is 77.0 Å². The molecule has 3 amide bonds. The van der Waals surface area contributed by atoms with Gasteiger partial charge < -0.3 is 20.5 Å². The third-order valence-electron chi connectivity index (χ3n) is 5.18. The number of hydrogen-bond donors (Lipinski definition) is 3. The van der Waals surface area contributed by atoms with Crippen molar-refractivity contribution in [3.8, 4) is 0 Å². The summed E-state index contributed by atoms with van der Waals surface area (Å²) in [6.07, 6.45) is 0.643. The number of amides is 3. The lowest BCUT2D eigenvalue weighted by Crippen LogP contribution is -2.65. The molecule has 0 bridgehead atoms. The van der Waals surface area contributed by atoms with Crippen molar-refractivity contribution in [2.24, 2.45) is 0 Å². The van der Waals surface area contributed by atoms with E-state index < -0.39 is 0 Å². The Balaban J connectivity index is 1.31. The summed E-state index contributed by atoms with van der Waals surface area (Å²) in [5.74, 6) is 0.887. The second-order valence-corrected chi connectivity index (χ2v) is 6.93. The van der Waals surface area contributed by atoms with Gasteiger partial charge in [-0.1, -0.05) is 12.1 Å². The topological polar surface area (TPSA) is 93.4 Å². The summed E-state index contributed by atoms with van der Waals surface area (Å²) in [6, 6.07) is 5.71. The minimum Gasteiger partial charge on any atom is -0.353 e. The van der Waals surface area contributed by atoms with E-state index in [-0.39, 0.29) is 18.0 Å². The number of nitrogens with zero attached hydrogens (tertiary/aromatic N) is 3. The van der Waals surface area contributed by atoms with Crippen molar-refractivity contribution < 1.29 is 9.59 Å². The number of hydrogen-bond acceptors (Lipinski definition) is 4. The molecule has 0 unspecified atom stereocenters. The van der Waals surface area contributed by atoms with Gasteiger partial charge in [0.15, 0.2) is 0 Å². The van der Waals surface area contributed by atoms with Crippen LogP contribution in [0.4, 0.5) is 4.79 Å². The maximum Gasteiger partial charge on any atom is 0.317 e. The normalized spacial score (nSPS) is 20.7. The molecule has 2 aromatic rings. The van der Waals surface area contributed by atoms with Gasteiger partial charge in [0.25, 0.3) is 0 Å². The van der Waals surface area contributed by atoms with Crippen LogP contribution in [0.3, 0.4) is 0 Å². The highest BCUT2D eigenvalue weighted by molar-refractivity contribution is 5.84. The van der Waals surface area contributed by atoms with E-state index in [1.165, 1.54) is 0 Å². The highest BCUT2D eigenvalue weighted by atomic mass is 16.2. The Hall–Kier alpha value is -2.61. The Morgan fingerprint density at radius 3 is 3.08 bits per heavy atom. The molecule has 2 saturated heterocycles. The van der Waals surface area contributed by atoms with E-state index in [0.29, 0.717) is 32.6 Å². The molecule has 1 aromatic heterocycles. The zero-order valence-corrected chi connectivity index (χ0v) is 14.9. The summed E-state index contributed by atoms with van der Waals surface area (Å²) < 4.78 is 0. The smallest absolute Gasteiger partial charge is 0.317 e. The van der Waals surface area contributed by atoms with Crippen molar-refractivity contribution in [2.45, 2.75) is 19.4 Å². The number of aromatic amines is 1. The van der Waals surface area contributed by atoms with Gasteiger partial charge in [0.1, 0.15) is 11.9 Å². The molecule has 0 spiro atoms. The van der Waals surface area contributed by atoms with Crippen molar-refractivity contribution in [3.05, 3.63) is 29.6 Å². The third kappa shape index (κ3) is 3.24. The summed E-state index contributed by atoms with van der Waals surface area (Å²) >= 11 is 0. The average molecular weight is 356 g/mol. The summed E-state index contributed by atoms with van der Waals surface area (Å²) in [4.78, 5) is 36.2. The van der Waals surface area contributed by atoms with Gasteiger partial charge in [-0.05, 0) is 18.6 Å². The quantitative estimate of drug-likeness (QED) is 0.734. The number of piperazine rings is 2. The zero-order chi connectivity index (χ0) is 18.1. The molecule has 0 aliphatic carbocycles. The van der Waals surface area contributed by atoms with Crippen LogP contribution in [-0.2, 0) is 11.2 Å². The third-order valence-corrected chi connectivity index (χ3v) is 5.18. The van der Waals surface area contributed by atoms with Crippen LogP contribution in [0.25, 0.3) is 11.0 Å². The molecule has 1 atom stereocenters. The van der Waals surface area contributed by atoms with Gasteiger partial charge in [-0.25, -0.2) is 9.78 Å². The van der Waals surface area contributed by atoms with Gasteiger partial charge in [0.05, 0.1) is 11.0 Å². The van der Waals surface area contributed by atoms with E-state index in [1.807, 2.05) is 25.1 Å². The second kappa shape index (κ2) is 6.95. The molecule has 0 saturated carbocycles. The molecule has 8 nitrogen and oxygen atoms in total. The van der Waals surface area contributed by atoms with Crippen LogP contribution in [0.5, 0.6) is 0 Å². The predicted molar refractivity (Wildman–Crippen MR) is 97.9 cm³/mol. The number of imidazole rings is 1. The molecule has 138 valence electrons. The van der Waals surface area contributed by atoms with Gasteiger partial charge in [-0.15, -0.1) is 0 Å². The number of fused-ring (bicyclic) bond motifs is 2. The number of aromatic nitrogens is 2. The highest BCUT2D eigenvalue weighted by Gasteiger charge is 2.36. The SMILES string of the molecule is Cc1cccc2[nH]c(CCNC(=O)N3CCN4CCNC(=O)[C@@H]4C3)nc12. The maximum absolute atomic E-state index is 12.4. The fraction of sp³-hybridized carbons (Fsp3) is 0.500. The van der Waals surface area contributed by atoms with Crippen LogP contribution in [0, 0.1) is 6.92 Å². The van der Waals surface area contributed by atoms with E-state index in [4.69, 9.17) is 0 Å². The van der Waals surface area contributed by atoms with Gasteiger partial charge in [0, 0.05) is 45.7 Å². The minimum atomic E-state index is -0.221. The maximum atomic E-state index is 12.4. The van der Waals surface area contributed by atoms with Crippen LogP contribution >= 0.6 is 0 Å². The first-order valence-corrected chi connectivity index (χ1v) is 9.10. The largest absolute Gasteiger partial charge is 0.353 e. The number of aryl methyl sites for hydroxylation is 1. The van der Waals surface area contributed by atoms with Gasteiger partial charge in [-0.2, -0.15) is 0 Å². The Morgan fingerprint density at radius 1 is 1.35 bits per heavy atom. The fourth-order valence-corrected chi connectivity index (χ4v) is 3.71. The molecule has 2 aliphatic rings. The molecule has 0 radical (unpaired) electrons. The molecule has 8 heteroatoms. The van der Waals surface area contributed by atoms with Crippen molar-refractivity contribution in [1.29, 1.82) is 0 Å². The van der Waals surface area contributed by atoms with Crippen molar-refractivity contribution in [2.75, 3.05) is 39.3 Å². The standard InChI is InChI=1S/C18H24N6O2/c1-12-3-2-4-13-16(12)22-15(21-13)5-6-20-18(26)24-10-9-23-8-7-19-17(25)14(23)11-24/h2-4,14H,5-11H2,1H3,(H,19,25)(H,20,26)(H,21,22)/t14-/m0/s1. The Labute approximate surface area is 151 Å². The van der Waals surface area contributed by atoms with E-state index in [1.54, 1.807) is 4.90 Å². The molecule has 2 aliphatic heterocycles. The first kappa shape index (κ1) is 16.8. The number of para-hydroxylation sites is 1. The van der Waals surface area contributed by atoms with Gasteiger partial charge in [0.2, 0.25) is 5.91 Å². The number of urea groups is 1. The Bertz CT molecular complexity index is 832. The molecular weight excluding hydrogens is 332 g/mol. The molecule has 3 N–H and O–H groups in total. The number of H-pyrrole nitrogens is 1. The molecule has 1 aromatic carbocycles. The van der Waals surface area contributed by atoms with Gasteiger partial charge >= 0.3 is 6.03 Å². The van der Waals surface area contributed by atoms with E-state index in [9.17, 15) is 9.59 Å². The number of carbonyl (C=O) groups excluding carboxylic acids is 2. The fourth-order valence-electron chi connectivity index (χ4n) is 3.71. The van der Waals surface area contributed by atoms with Crippen molar-refractivity contribution in [1.82, 2.24) is 30.4 Å². The Morgan fingerprint density at radius 2 is 2.23 bits per heavy atom. The summed E-state index contributed by atoms with van der Waals surface area (Å²) in [7, 11) is 0. The van der Waals surface area contributed by atoms with Crippen molar-refractivity contribution in [3.63, 3.8) is 0 Å². The number of rotatable bonds is 3. The lowest BCUT2D eigenvalue weighted by molar-refractivity contribution is -0.131. The summed E-state index contributed by atoms with van der Waals surface area (Å²) in [6.45, 7) is 5.94. The van der Waals surface area contributed by atoms with Gasteiger partial charge in [-0.3, -0.25) is 9.69 Å². The Kier molecular flexibility index (Phi) is 4.50. The molecule has 3 heterocycles. The zero-order valence-electron chi connectivity index (χ0n) is 14.9. The van der Waals surface area contributed by atoms with E-state index in [2.05, 4.69) is 25.5 Å². The lowest BCUT2D eigenvalue weighted by Gasteiger charge is -2.42. The van der Waals surface area contributed by atoms with Crippen LogP contribution in [0.2, 0.25) is 0 Å². The monoisotopic (exact) mass is 356 g/mol. The van der Waals surface area contributed by atoms with Crippen LogP contribution < -0.4 is 10.6 Å². The van der Waals surface area contributed by atoms with E-state index >= 15 is 0 Å². The van der Waals surface area contributed by atoms with E-state index in [0.717, 1.165) is 35.5 Å². The molecule has 26 heavy (non-hydrogen) atoms. The predicted octanol–water partition coefficient (Wildman–Crippen LogP) is 0.239. The first-order valence-electron chi connectivity index (χ1n) is 9.10. The minimum absolute atomic E-state index is 0.0198. The number of benzene rings is 1. The summed E-state index contributed by atoms with van der Waals surface area (Å²) in [5.41, 5.74) is 3.14. The average Bonchev–Trinajstić information content (AvgIpc) is 3.06. The highest BCUT2D eigenvalue weighted by Crippen LogP contribution is 2.16. The number of nitrogens with one attached hydrogen (secondary N) is 3. The molecule has 2 fully saturated rings. The summed E-state index contributed by atoms with van der Waals surface area (Å²) in [5, 5.41) is 5.82. The number of carbonyl (C=O) groups is 2. The van der Waals surface area contributed by atoms with Crippen molar-refractivity contribution >= 4 is 23.0 Å². The lowest BCUT2D eigenvalue weighted by atomic mass is 10.1.